The largest absolute Gasteiger partial charge is 0.444 e. The molecule has 0 fully saturated rings. The molecule has 0 saturated heterocycles. The van der Waals surface area contributed by atoms with Gasteiger partial charge >= 0.3 is 5.69 Å². The molecule has 184 valence electrons. The van der Waals surface area contributed by atoms with Gasteiger partial charge in [-0.3, -0.25) is 14.2 Å². The van der Waals surface area contributed by atoms with Gasteiger partial charge in [-0.15, -0.1) is 11.3 Å². The number of carbonyl (C=O) groups is 1. The highest BCUT2D eigenvalue weighted by Crippen LogP contribution is 2.36. The van der Waals surface area contributed by atoms with Crippen LogP contribution >= 0.6 is 11.3 Å². The van der Waals surface area contributed by atoms with Gasteiger partial charge in [0.1, 0.15) is 22.7 Å². The van der Waals surface area contributed by atoms with Crippen molar-refractivity contribution in [2.45, 2.75) is 58.9 Å². The molecule has 9 nitrogen and oxygen atoms in total. The molecule has 0 aliphatic carbocycles. The van der Waals surface area contributed by atoms with Gasteiger partial charge in [-0.25, -0.2) is 14.3 Å². The predicted octanol–water partition coefficient (Wildman–Crippen LogP) is 3.57. The van der Waals surface area contributed by atoms with Crippen molar-refractivity contribution in [3.05, 3.63) is 74.8 Å². The van der Waals surface area contributed by atoms with Crippen LogP contribution in [0.4, 0.5) is 0 Å². The van der Waals surface area contributed by atoms with E-state index in [0.717, 1.165) is 10.1 Å². The Labute approximate surface area is 205 Å². The van der Waals surface area contributed by atoms with Crippen molar-refractivity contribution >= 4 is 27.5 Å². The summed E-state index contributed by atoms with van der Waals surface area (Å²) < 4.78 is 14.1. The van der Waals surface area contributed by atoms with Crippen LogP contribution in [0.1, 0.15) is 44.9 Å². The average molecular weight is 497 g/mol. The van der Waals surface area contributed by atoms with Gasteiger partial charge in [-0.1, -0.05) is 30.3 Å². The van der Waals surface area contributed by atoms with Crippen LogP contribution in [-0.4, -0.2) is 26.1 Å². The molecule has 0 aliphatic rings. The fraction of sp³-hybridized carbons (Fsp3) is 0.360. The summed E-state index contributed by atoms with van der Waals surface area (Å²) in [6.07, 6.45) is 2.37. The third-order valence-corrected chi connectivity index (χ3v) is 7.26. The van der Waals surface area contributed by atoms with Crippen LogP contribution in [0.25, 0.3) is 21.0 Å². The normalized spacial score (nSPS) is 13.0. The lowest BCUT2D eigenvalue weighted by atomic mass is 10.0. The average Bonchev–Trinajstić information content (AvgIpc) is 3.44. The Bertz CT molecular complexity index is 1480. The molecule has 0 saturated carbocycles. The van der Waals surface area contributed by atoms with Crippen molar-refractivity contribution in [1.29, 1.82) is 0 Å². The van der Waals surface area contributed by atoms with Crippen LogP contribution in [0.2, 0.25) is 0 Å². The number of amides is 1. The molecular weight excluding hydrogens is 468 g/mol. The number of ether oxygens (including phenoxy) is 1. The van der Waals surface area contributed by atoms with Crippen molar-refractivity contribution in [3.8, 4) is 10.8 Å². The van der Waals surface area contributed by atoms with Gasteiger partial charge in [0.05, 0.1) is 29.1 Å². The fourth-order valence-electron chi connectivity index (χ4n) is 4.04. The highest BCUT2D eigenvalue weighted by Gasteiger charge is 2.34. The minimum absolute atomic E-state index is 0.118. The number of thiophene rings is 1. The first-order chi connectivity index (χ1) is 16.5. The zero-order valence-corrected chi connectivity index (χ0v) is 21.1. The number of nitrogens with zero attached hydrogens (tertiary/aromatic N) is 3. The molecule has 4 rings (SSSR count). The minimum atomic E-state index is -1.55. The molecule has 10 heteroatoms. The summed E-state index contributed by atoms with van der Waals surface area (Å²) in [4.78, 5) is 45.1. The van der Waals surface area contributed by atoms with E-state index in [2.05, 4.69) is 4.98 Å². The van der Waals surface area contributed by atoms with E-state index in [1.807, 2.05) is 44.2 Å². The number of fused-ring (bicyclic) bond motifs is 1. The van der Waals surface area contributed by atoms with E-state index in [1.54, 1.807) is 6.92 Å². The number of oxazole rings is 1. The van der Waals surface area contributed by atoms with Gasteiger partial charge in [0.2, 0.25) is 11.8 Å². The molecule has 1 atom stereocenters. The molecule has 35 heavy (non-hydrogen) atoms. The second kappa shape index (κ2) is 9.27. The van der Waals surface area contributed by atoms with Crippen LogP contribution in [0, 0.1) is 6.92 Å². The van der Waals surface area contributed by atoms with E-state index in [9.17, 15) is 14.4 Å². The Kier molecular flexibility index (Phi) is 6.52. The molecule has 1 aromatic carbocycles. The molecule has 1 amide bonds. The van der Waals surface area contributed by atoms with Gasteiger partial charge in [0.25, 0.3) is 5.56 Å². The summed E-state index contributed by atoms with van der Waals surface area (Å²) in [7, 11) is 0. The lowest BCUT2D eigenvalue weighted by Gasteiger charge is -2.26. The maximum atomic E-state index is 13.8. The molecule has 3 aromatic heterocycles. The molecule has 0 bridgehead atoms. The number of aromatic nitrogens is 3. The molecule has 4 aromatic rings. The SMILES string of the molecule is Cc1c(-c2ncco2)sc2c1c(=O)n(C(C)(C)C(N)=O)c(=O)n2C[C@@H](OC(C)C)c1ccccc1. The first-order valence-electron chi connectivity index (χ1n) is 11.2. The predicted molar refractivity (Wildman–Crippen MR) is 134 cm³/mol. The third-order valence-electron chi connectivity index (χ3n) is 5.96. The highest BCUT2D eigenvalue weighted by atomic mass is 32.1. The number of benzene rings is 1. The van der Waals surface area contributed by atoms with Gasteiger partial charge in [-0.2, -0.15) is 0 Å². The Morgan fingerprint density at radius 3 is 2.49 bits per heavy atom. The number of nitrogens with two attached hydrogens (primary N) is 1. The van der Waals surface area contributed by atoms with E-state index >= 15 is 0 Å². The maximum Gasteiger partial charge on any atom is 0.333 e. The van der Waals surface area contributed by atoms with Crippen LogP contribution in [0.5, 0.6) is 0 Å². The van der Waals surface area contributed by atoms with Gasteiger partial charge in [0.15, 0.2) is 0 Å². The summed E-state index contributed by atoms with van der Waals surface area (Å²) in [6, 6.07) is 9.56. The monoisotopic (exact) mass is 496 g/mol. The standard InChI is InChI=1S/C25H28N4O5S/c1-14(2)34-17(16-9-7-6-8-10-16)13-28-22-18(15(3)19(35-22)20-27-11-12-33-20)21(30)29(24(28)32)25(4,5)23(26)31/h6-12,14,17H,13H2,1-5H3,(H2,26,31)/t17-/m1/s1. The smallest absolute Gasteiger partial charge is 0.333 e. The second-order valence-electron chi connectivity index (χ2n) is 9.11. The Balaban J connectivity index is 2.05. The minimum Gasteiger partial charge on any atom is -0.444 e. The number of aryl methyl sites for hydroxylation is 1. The van der Waals surface area contributed by atoms with E-state index in [0.29, 0.717) is 26.5 Å². The highest BCUT2D eigenvalue weighted by molar-refractivity contribution is 7.22. The number of primary amides is 1. The summed E-state index contributed by atoms with van der Waals surface area (Å²) in [5.74, 6) is -0.442. The van der Waals surface area contributed by atoms with Crippen LogP contribution in [0.15, 0.2) is 56.8 Å². The van der Waals surface area contributed by atoms with Gasteiger partial charge in [-0.05, 0) is 45.7 Å². The Morgan fingerprint density at radius 2 is 1.91 bits per heavy atom. The van der Waals surface area contributed by atoms with E-state index in [-0.39, 0.29) is 12.6 Å². The van der Waals surface area contributed by atoms with E-state index in [1.165, 1.54) is 42.2 Å². The maximum absolute atomic E-state index is 13.8. The summed E-state index contributed by atoms with van der Waals surface area (Å²) in [5.41, 5.74) is 4.34. The Hall–Kier alpha value is -3.50. The fourth-order valence-corrected chi connectivity index (χ4v) is 5.28. The van der Waals surface area contributed by atoms with E-state index in [4.69, 9.17) is 14.9 Å². The number of carbonyl (C=O) groups excluding carboxylic acids is 1. The van der Waals surface area contributed by atoms with Crippen molar-refractivity contribution in [1.82, 2.24) is 14.1 Å². The first-order valence-corrected chi connectivity index (χ1v) is 12.0. The van der Waals surface area contributed by atoms with Crippen LogP contribution in [0.3, 0.4) is 0 Å². The van der Waals surface area contributed by atoms with Crippen molar-refractivity contribution in [2.24, 2.45) is 5.73 Å². The zero-order chi connectivity index (χ0) is 25.5. The van der Waals surface area contributed by atoms with Gasteiger partial charge < -0.3 is 14.9 Å². The summed E-state index contributed by atoms with van der Waals surface area (Å²) in [5, 5.41) is 0.313. The van der Waals surface area contributed by atoms with Crippen LogP contribution < -0.4 is 17.0 Å². The number of hydrogen-bond acceptors (Lipinski definition) is 7. The number of rotatable bonds is 8. The molecular formula is C25H28N4O5S. The first kappa shape index (κ1) is 24.6. The second-order valence-corrected chi connectivity index (χ2v) is 10.1. The summed E-state index contributed by atoms with van der Waals surface area (Å²) in [6.45, 7) is 8.66. The molecule has 0 spiro atoms. The topological polar surface area (TPSA) is 122 Å². The van der Waals surface area contributed by atoms with E-state index < -0.39 is 28.8 Å². The third kappa shape index (κ3) is 4.35. The zero-order valence-electron chi connectivity index (χ0n) is 20.3. The quantitative estimate of drug-likeness (QED) is 0.398. The van der Waals surface area contributed by atoms with Crippen LogP contribution in [-0.2, 0) is 21.6 Å². The lowest BCUT2D eigenvalue weighted by molar-refractivity contribution is -0.125. The molecule has 2 N–H and O–H groups in total. The van der Waals surface area contributed by atoms with Crippen molar-refractivity contribution in [2.75, 3.05) is 0 Å². The number of hydrogen-bond donors (Lipinski definition) is 1. The van der Waals surface area contributed by atoms with Gasteiger partial charge in [0, 0.05) is 0 Å². The van der Waals surface area contributed by atoms with Crippen molar-refractivity contribution in [3.63, 3.8) is 0 Å². The Morgan fingerprint density at radius 1 is 1.23 bits per heavy atom. The molecule has 0 aliphatic heterocycles. The molecule has 0 unspecified atom stereocenters. The molecule has 0 radical (unpaired) electrons. The summed E-state index contributed by atoms with van der Waals surface area (Å²) >= 11 is 1.24. The molecule has 3 heterocycles. The lowest BCUT2D eigenvalue weighted by Crippen LogP contribution is -2.54. The van der Waals surface area contributed by atoms with Crippen molar-refractivity contribution < 1.29 is 13.9 Å².